The van der Waals surface area contributed by atoms with E-state index in [1.165, 1.54) is 30.8 Å². The van der Waals surface area contributed by atoms with Gasteiger partial charge in [0.2, 0.25) is 10.0 Å². The Morgan fingerprint density at radius 3 is 2.46 bits per heavy atom. The zero-order valence-electron chi connectivity index (χ0n) is 14.2. The van der Waals surface area contributed by atoms with E-state index in [1.807, 2.05) is 13.8 Å². The fraction of sp³-hybridized carbons (Fsp3) is 0.294. The average Bonchev–Trinajstić information content (AvgIpc) is 2.54. The number of aromatic nitrogens is 1. The summed E-state index contributed by atoms with van der Waals surface area (Å²) in [5, 5.41) is 0. The molecule has 2 rings (SSSR count). The highest BCUT2D eigenvalue weighted by atomic mass is 32.2. The van der Waals surface area contributed by atoms with Gasteiger partial charge in [-0.05, 0) is 44.2 Å². The molecule has 0 spiro atoms. The molecule has 0 unspecified atom stereocenters. The van der Waals surface area contributed by atoms with Gasteiger partial charge in [0.05, 0.1) is 4.90 Å². The third-order valence-corrected chi connectivity index (χ3v) is 5.12. The molecule has 0 radical (unpaired) electrons. The largest absolute Gasteiger partial charge is 0.268 e. The van der Waals surface area contributed by atoms with Crippen LogP contribution in [0.2, 0.25) is 0 Å². The number of carbonyl (C=O) groups excluding carboxylic acids is 1. The highest BCUT2D eigenvalue weighted by molar-refractivity contribution is 7.89. The Hall–Kier alpha value is -2.25. The second-order valence-corrected chi connectivity index (χ2v) is 7.92. The van der Waals surface area contributed by atoms with Crippen molar-refractivity contribution >= 4 is 15.9 Å². The minimum absolute atomic E-state index is 0.0342. The lowest BCUT2D eigenvalue weighted by molar-refractivity contribution is 0.0954. The molecule has 2 aromatic rings. The Labute approximate surface area is 142 Å². The summed E-state index contributed by atoms with van der Waals surface area (Å²) in [5.41, 5.74) is 0.813. The molecule has 6 nitrogen and oxygen atoms in total. The summed E-state index contributed by atoms with van der Waals surface area (Å²) in [7, 11) is -0.688. The van der Waals surface area contributed by atoms with E-state index < -0.39 is 10.0 Å². The van der Waals surface area contributed by atoms with Gasteiger partial charge in [-0.1, -0.05) is 12.1 Å². The van der Waals surface area contributed by atoms with Gasteiger partial charge in [-0.15, -0.1) is 0 Å². The van der Waals surface area contributed by atoms with Gasteiger partial charge in [0.15, 0.2) is 0 Å². The van der Waals surface area contributed by atoms with E-state index in [-0.39, 0.29) is 22.4 Å². The van der Waals surface area contributed by atoms with Crippen LogP contribution in [0.25, 0.3) is 0 Å². The van der Waals surface area contributed by atoms with E-state index in [4.69, 9.17) is 0 Å². The SMILES string of the molecule is CC(C)N=c1ccccn1C(=O)c1cccc(S(=O)(=O)N(C)C)c1. The summed E-state index contributed by atoms with van der Waals surface area (Å²) in [6.45, 7) is 3.85. The van der Waals surface area contributed by atoms with E-state index in [0.29, 0.717) is 5.49 Å². The van der Waals surface area contributed by atoms with Gasteiger partial charge in [0.25, 0.3) is 5.91 Å². The average molecular weight is 347 g/mol. The van der Waals surface area contributed by atoms with Crippen LogP contribution in [-0.4, -0.2) is 43.3 Å². The molecule has 0 bridgehead atoms. The van der Waals surface area contributed by atoms with Crippen molar-refractivity contribution in [1.29, 1.82) is 0 Å². The first kappa shape index (κ1) is 18.1. The molecule has 0 aliphatic carbocycles. The van der Waals surface area contributed by atoms with Gasteiger partial charge in [0, 0.05) is 31.9 Å². The van der Waals surface area contributed by atoms with E-state index >= 15 is 0 Å². The fourth-order valence-corrected chi connectivity index (χ4v) is 3.06. The van der Waals surface area contributed by atoms with E-state index in [2.05, 4.69) is 4.99 Å². The summed E-state index contributed by atoms with van der Waals surface area (Å²) < 4.78 is 27.0. The molecule has 0 fully saturated rings. The van der Waals surface area contributed by atoms with Crippen LogP contribution in [0.15, 0.2) is 58.5 Å². The fourth-order valence-electron chi connectivity index (χ4n) is 2.12. The highest BCUT2D eigenvalue weighted by Gasteiger charge is 2.19. The maximum atomic E-state index is 12.8. The summed E-state index contributed by atoms with van der Waals surface area (Å²) in [6.07, 6.45) is 1.62. The summed E-state index contributed by atoms with van der Waals surface area (Å²) in [4.78, 5) is 17.3. The van der Waals surface area contributed by atoms with Gasteiger partial charge in [-0.25, -0.2) is 12.7 Å². The van der Waals surface area contributed by atoms with E-state index in [9.17, 15) is 13.2 Å². The summed E-state index contributed by atoms with van der Waals surface area (Å²) >= 11 is 0. The maximum Gasteiger partial charge on any atom is 0.263 e. The van der Waals surface area contributed by atoms with Crippen molar-refractivity contribution in [3.8, 4) is 0 Å². The number of carbonyl (C=O) groups is 1. The summed E-state index contributed by atoms with van der Waals surface area (Å²) in [5.74, 6) is -0.328. The topological polar surface area (TPSA) is 71.7 Å². The standard InChI is InChI=1S/C17H21N3O3S/c1-13(2)18-16-10-5-6-11-20(16)17(21)14-8-7-9-15(12-14)24(22,23)19(3)4/h5-13H,1-4H3. The molecule has 24 heavy (non-hydrogen) atoms. The second kappa shape index (κ2) is 7.11. The van der Waals surface area contributed by atoms with Crippen molar-refractivity contribution < 1.29 is 13.2 Å². The Bertz CT molecular complexity index is 912. The van der Waals surface area contributed by atoms with E-state index in [0.717, 1.165) is 4.31 Å². The number of nitrogens with zero attached hydrogens (tertiary/aromatic N) is 3. The molecular weight excluding hydrogens is 326 g/mol. The van der Waals surface area contributed by atoms with Crippen LogP contribution in [-0.2, 0) is 10.0 Å². The van der Waals surface area contributed by atoms with Crippen LogP contribution >= 0.6 is 0 Å². The highest BCUT2D eigenvalue weighted by Crippen LogP contribution is 2.15. The van der Waals surface area contributed by atoms with Crippen molar-refractivity contribution in [1.82, 2.24) is 8.87 Å². The molecule has 7 heteroatoms. The third kappa shape index (κ3) is 3.80. The molecule has 0 amide bonds. The lowest BCUT2D eigenvalue weighted by Gasteiger charge is -2.12. The van der Waals surface area contributed by atoms with Crippen molar-refractivity contribution in [2.45, 2.75) is 24.8 Å². The van der Waals surface area contributed by atoms with Crippen LogP contribution in [0, 0.1) is 0 Å². The van der Waals surface area contributed by atoms with Crippen molar-refractivity contribution in [2.75, 3.05) is 14.1 Å². The lowest BCUT2D eigenvalue weighted by Crippen LogP contribution is -2.28. The number of pyridine rings is 1. The molecule has 0 saturated carbocycles. The molecule has 1 heterocycles. The second-order valence-electron chi connectivity index (χ2n) is 5.77. The number of hydrogen-bond acceptors (Lipinski definition) is 4. The first-order valence-corrected chi connectivity index (χ1v) is 8.96. The van der Waals surface area contributed by atoms with Crippen molar-refractivity contribution in [3.63, 3.8) is 0 Å². The van der Waals surface area contributed by atoms with Crippen molar-refractivity contribution in [3.05, 3.63) is 59.7 Å². The van der Waals surface area contributed by atoms with E-state index in [1.54, 1.807) is 36.5 Å². The zero-order valence-corrected chi connectivity index (χ0v) is 15.0. The molecule has 0 aliphatic rings. The number of hydrogen-bond donors (Lipinski definition) is 0. The smallest absolute Gasteiger partial charge is 0.263 e. The third-order valence-electron chi connectivity index (χ3n) is 3.31. The molecule has 1 aromatic carbocycles. The van der Waals surface area contributed by atoms with Crippen LogP contribution in [0.3, 0.4) is 0 Å². The molecule has 0 saturated heterocycles. The van der Waals surface area contributed by atoms with Crippen LogP contribution in [0.5, 0.6) is 0 Å². The number of sulfonamides is 1. The quantitative estimate of drug-likeness (QED) is 0.846. The Kier molecular flexibility index (Phi) is 5.36. The predicted molar refractivity (Wildman–Crippen MR) is 92.2 cm³/mol. The number of rotatable bonds is 4. The number of benzene rings is 1. The monoisotopic (exact) mass is 347 g/mol. The normalized spacial score (nSPS) is 12.8. The van der Waals surface area contributed by atoms with Crippen LogP contribution in [0.1, 0.15) is 24.2 Å². The van der Waals surface area contributed by atoms with Gasteiger partial charge < -0.3 is 0 Å². The van der Waals surface area contributed by atoms with Crippen molar-refractivity contribution in [2.24, 2.45) is 4.99 Å². The van der Waals surface area contributed by atoms with Gasteiger partial charge in [-0.2, -0.15) is 0 Å². The lowest BCUT2D eigenvalue weighted by atomic mass is 10.2. The Morgan fingerprint density at radius 2 is 1.83 bits per heavy atom. The molecular formula is C17H21N3O3S. The van der Waals surface area contributed by atoms with Gasteiger partial charge >= 0.3 is 0 Å². The minimum Gasteiger partial charge on any atom is -0.268 e. The maximum absolute atomic E-state index is 12.8. The Balaban J connectivity index is 2.54. The van der Waals surface area contributed by atoms with Crippen LogP contribution in [0.4, 0.5) is 0 Å². The predicted octanol–water partition coefficient (Wildman–Crippen LogP) is 1.74. The summed E-state index contributed by atoms with van der Waals surface area (Å²) in [6, 6.07) is 11.3. The molecule has 0 aliphatic heterocycles. The molecule has 0 atom stereocenters. The zero-order chi connectivity index (χ0) is 17.9. The van der Waals surface area contributed by atoms with Gasteiger partial charge in [0.1, 0.15) is 5.49 Å². The van der Waals surface area contributed by atoms with Gasteiger partial charge in [-0.3, -0.25) is 14.4 Å². The first-order chi connectivity index (χ1) is 11.2. The Morgan fingerprint density at radius 1 is 1.12 bits per heavy atom. The molecule has 0 N–H and O–H groups in total. The minimum atomic E-state index is -3.60. The molecule has 1 aromatic heterocycles. The van der Waals surface area contributed by atoms with Crippen LogP contribution < -0.4 is 5.49 Å². The molecule has 128 valence electrons. The first-order valence-electron chi connectivity index (χ1n) is 7.52.